The van der Waals surface area contributed by atoms with Crippen molar-refractivity contribution in [1.82, 2.24) is 14.9 Å². The van der Waals surface area contributed by atoms with Crippen molar-refractivity contribution >= 4 is 23.9 Å². The van der Waals surface area contributed by atoms with Crippen molar-refractivity contribution in [1.29, 1.82) is 0 Å². The Morgan fingerprint density at radius 3 is 2.83 bits per heavy atom. The molecular weight excluding hydrogens is 330 g/mol. The van der Waals surface area contributed by atoms with Gasteiger partial charge in [-0.05, 0) is 18.6 Å². The molecule has 3 aromatic rings. The highest BCUT2D eigenvalue weighted by molar-refractivity contribution is 7.98. The fourth-order valence-corrected chi connectivity index (χ4v) is 2.67. The van der Waals surface area contributed by atoms with E-state index in [9.17, 15) is 10.1 Å². The molecule has 24 heavy (non-hydrogen) atoms. The summed E-state index contributed by atoms with van der Waals surface area (Å²) in [6.45, 7) is 2.04. The number of thioether (sulfide) groups is 1. The molecule has 1 aromatic carbocycles. The molecule has 0 saturated carbocycles. The number of nitro groups is 1. The molecule has 0 amide bonds. The van der Waals surface area contributed by atoms with E-state index < -0.39 is 4.92 Å². The van der Waals surface area contributed by atoms with Crippen LogP contribution in [0.5, 0.6) is 0 Å². The Balaban J connectivity index is 1.67. The quantitative estimate of drug-likeness (QED) is 0.295. The molecule has 0 atom stereocenters. The molecule has 0 saturated heterocycles. The van der Waals surface area contributed by atoms with Crippen LogP contribution in [0.1, 0.15) is 16.9 Å². The van der Waals surface area contributed by atoms with Crippen molar-refractivity contribution in [3.8, 4) is 0 Å². The Labute approximate surface area is 141 Å². The molecule has 0 fully saturated rings. The van der Waals surface area contributed by atoms with Gasteiger partial charge in [-0.1, -0.05) is 41.6 Å². The van der Waals surface area contributed by atoms with E-state index in [2.05, 4.69) is 39.6 Å². The maximum Gasteiger partial charge on any atom is 0.433 e. The summed E-state index contributed by atoms with van der Waals surface area (Å²) in [6.07, 6.45) is 2.84. The molecule has 0 N–H and O–H groups in total. The second-order valence-electron chi connectivity index (χ2n) is 4.91. The number of aromatic nitrogens is 3. The third-order valence-corrected chi connectivity index (χ3v) is 4.10. The van der Waals surface area contributed by atoms with Crippen LogP contribution in [-0.4, -0.2) is 26.0 Å². The van der Waals surface area contributed by atoms with Gasteiger partial charge in [0.1, 0.15) is 11.3 Å². The highest BCUT2D eigenvalue weighted by atomic mass is 32.2. The fraction of sp³-hybridized carbons (Fsp3) is 0.133. The van der Waals surface area contributed by atoms with Gasteiger partial charge in [-0.3, -0.25) is 10.1 Å². The number of rotatable bonds is 6. The molecule has 0 unspecified atom stereocenters. The summed E-state index contributed by atoms with van der Waals surface area (Å²) in [4.78, 5) is 9.98. The Morgan fingerprint density at radius 1 is 1.33 bits per heavy atom. The second kappa shape index (κ2) is 7.09. The lowest BCUT2D eigenvalue weighted by Gasteiger charge is -2.01. The number of hydrogen-bond donors (Lipinski definition) is 0. The summed E-state index contributed by atoms with van der Waals surface area (Å²) in [7, 11) is 0. The molecule has 8 nitrogen and oxygen atoms in total. The molecule has 122 valence electrons. The fourth-order valence-electron chi connectivity index (χ4n) is 1.85. The summed E-state index contributed by atoms with van der Waals surface area (Å²) >= 11 is 1.49. The number of benzene rings is 1. The summed E-state index contributed by atoms with van der Waals surface area (Å²) in [6, 6.07) is 11.0. The van der Waals surface area contributed by atoms with Crippen molar-refractivity contribution in [2.24, 2.45) is 5.10 Å². The predicted octanol–water partition coefficient (Wildman–Crippen LogP) is 3.26. The van der Waals surface area contributed by atoms with E-state index in [4.69, 9.17) is 4.42 Å². The van der Waals surface area contributed by atoms with Crippen LogP contribution < -0.4 is 0 Å². The molecule has 2 aromatic heterocycles. The van der Waals surface area contributed by atoms with Gasteiger partial charge in [-0.15, -0.1) is 10.2 Å². The van der Waals surface area contributed by atoms with Gasteiger partial charge >= 0.3 is 5.88 Å². The maximum atomic E-state index is 10.6. The van der Waals surface area contributed by atoms with E-state index in [1.165, 1.54) is 52.2 Å². The first-order valence-electron chi connectivity index (χ1n) is 6.99. The topological polar surface area (TPSA) is 99.3 Å². The van der Waals surface area contributed by atoms with Gasteiger partial charge in [0.05, 0.1) is 12.3 Å². The van der Waals surface area contributed by atoms with E-state index in [1.54, 1.807) is 0 Å². The highest BCUT2D eigenvalue weighted by Gasteiger charge is 2.10. The van der Waals surface area contributed by atoms with E-state index in [0.29, 0.717) is 5.16 Å². The van der Waals surface area contributed by atoms with Gasteiger partial charge in [0.2, 0.25) is 5.16 Å². The predicted molar refractivity (Wildman–Crippen MR) is 89.1 cm³/mol. The van der Waals surface area contributed by atoms with Gasteiger partial charge in [-0.2, -0.15) is 9.78 Å². The Bertz CT molecular complexity index is 869. The molecule has 0 radical (unpaired) electrons. The smallest absolute Gasteiger partial charge is 0.400 e. The molecule has 0 aliphatic heterocycles. The normalized spacial score (nSPS) is 11.2. The lowest BCUT2D eigenvalue weighted by Crippen LogP contribution is -1.92. The van der Waals surface area contributed by atoms with E-state index >= 15 is 0 Å². The summed E-state index contributed by atoms with van der Waals surface area (Å²) in [5.41, 5.74) is 2.38. The third kappa shape index (κ3) is 3.87. The lowest BCUT2D eigenvalue weighted by molar-refractivity contribution is -0.402. The van der Waals surface area contributed by atoms with Crippen molar-refractivity contribution in [3.63, 3.8) is 0 Å². The summed E-state index contributed by atoms with van der Waals surface area (Å²) in [5, 5.41) is 23.2. The first-order chi connectivity index (χ1) is 11.6. The van der Waals surface area contributed by atoms with Crippen LogP contribution in [0.3, 0.4) is 0 Å². The second-order valence-corrected chi connectivity index (χ2v) is 5.85. The lowest BCUT2D eigenvalue weighted by atomic mass is 10.2. The van der Waals surface area contributed by atoms with E-state index in [-0.39, 0.29) is 11.6 Å². The maximum absolute atomic E-state index is 10.6. The number of furan rings is 1. The molecule has 0 bridgehead atoms. The first kappa shape index (κ1) is 15.9. The number of hydrogen-bond acceptors (Lipinski definition) is 7. The van der Waals surface area contributed by atoms with E-state index in [0.717, 1.165) is 5.75 Å². The van der Waals surface area contributed by atoms with E-state index in [1.807, 2.05) is 6.92 Å². The zero-order valence-corrected chi connectivity index (χ0v) is 13.5. The first-order valence-corrected chi connectivity index (χ1v) is 7.97. The molecule has 0 aliphatic carbocycles. The molecule has 0 aliphatic rings. The van der Waals surface area contributed by atoms with Crippen molar-refractivity contribution in [3.05, 3.63) is 69.7 Å². The van der Waals surface area contributed by atoms with Crippen LogP contribution in [0.2, 0.25) is 0 Å². The zero-order valence-electron chi connectivity index (χ0n) is 12.7. The summed E-state index contributed by atoms with van der Waals surface area (Å²) < 4.78 is 6.51. The van der Waals surface area contributed by atoms with Crippen LogP contribution in [0.4, 0.5) is 5.88 Å². The Morgan fingerprint density at radius 2 is 2.12 bits per heavy atom. The van der Waals surface area contributed by atoms with Gasteiger partial charge in [0, 0.05) is 5.75 Å². The SMILES string of the molecule is Cc1ccc(CSc2nncn2/N=C\c2ccc([N+](=O)[O-])o2)cc1. The monoisotopic (exact) mass is 343 g/mol. The third-order valence-electron chi connectivity index (χ3n) is 3.09. The summed E-state index contributed by atoms with van der Waals surface area (Å²) in [5.74, 6) is 0.694. The van der Waals surface area contributed by atoms with Crippen molar-refractivity contribution < 1.29 is 9.34 Å². The highest BCUT2D eigenvalue weighted by Crippen LogP contribution is 2.21. The van der Waals surface area contributed by atoms with Crippen molar-refractivity contribution in [2.75, 3.05) is 0 Å². The van der Waals surface area contributed by atoms with Crippen LogP contribution in [0.15, 0.2) is 57.4 Å². The standard InChI is InChI=1S/C15H13N5O3S/c1-11-2-4-12(5-3-11)9-24-15-18-16-10-19(15)17-8-13-6-7-14(23-13)20(21)22/h2-8,10H,9H2,1H3/b17-8-. The molecule has 2 heterocycles. The molecular formula is C15H13N5O3S. The average Bonchev–Trinajstić information content (AvgIpc) is 3.21. The van der Waals surface area contributed by atoms with Crippen LogP contribution in [0, 0.1) is 17.0 Å². The minimum Gasteiger partial charge on any atom is -0.400 e. The average molecular weight is 343 g/mol. The molecule has 3 rings (SSSR count). The Kier molecular flexibility index (Phi) is 4.71. The minimum atomic E-state index is -0.598. The van der Waals surface area contributed by atoms with Gasteiger partial charge in [-0.25, -0.2) is 0 Å². The zero-order chi connectivity index (χ0) is 16.9. The van der Waals surface area contributed by atoms with Gasteiger partial charge in [0.15, 0.2) is 5.76 Å². The van der Waals surface area contributed by atoms with Crippen LogP contribution in [0.25, 0.3) is 0 Å². The number of nitrogens with zero attached hydrogens (tertiary/aromatic N) is 5. The minimum absolute atomic E-state index is 0.282. The van der Waals surface area contributed by atoms with Crippen LogP contribution >= 0.6 is 11.8 Å². The molecule has 0 spiro atoms. The Hall–Kier alpha value is -2.94. The molecule has 9 heteroatoms. The largest absolute Gasteiger partial charge is 0.433 e. The van der Waals surface area contributed by atoms with Gasteiger partial charge in [0.25, 0.3) is 0 Å². The van der Waals surface area contributed by atoms with Gasteiger partial charge < -0.3 is 4.42 Å². The number of aryl methyl sites for hydroxylation is 1. The van der Waals surface area contributed by atoms with Crippen LogP contribution in [-0.2, 0) is 5.75 Å². The van der Waals surface area contributed by atoms with Crippen molar-refractivity contribution in [2.45, 2.75) is 17.8 Å².